The number of amides is 2. The average Bonchev–Trinajstić information content (AvgIpc) is 3.08. The highest BCUT2D eigenvalue weighted by Gasteiger charge is 2.13. The first-order chi connectivity index (χ1) is 14.0. The number of hydrazine groups is 1. The molecule has 2 amide bonds. The molecule has 3 aromatic rings. The van der Waals surface area contributed by atoms with Crippen LogP contribution in [0.25, 0.3) is 11.0 Å². The van der Waals surface area contributed by atoms with Crippen LogP contribution in [0.5, 0.6) is 0 Å². The van der Waals surface area contributed by atoms with Crippen LogP contribution in [0.4, 0.5) is 5.69 Å². The maximum absolute atomic E-state index is 12.3. The first-order valence-corrected chi connectivity index (χ1v) is 9.85. The van der Waals surface area contributed by atoms with Crippen molar-refractivity contribution in [2.24, 2.45) is 0 Å². The van der Waals surface area contributed by atoms with Gasteiger partial charge in [0.25, 0.3) is 11.6 Å². The molecule has 0 saturated heterocycles. The second-order valence-corrected chi connectivity index (χ2v) is 7.14. The van der Waals surface area contributed by atoms with Crippen LogP contribution < -0.4 is 10.9 Å². The van der Waals surface area contributed by atoms with Gasteiger partial charge in [-0.1, -0.05) is 19.1 Å². The van der Waals surface area contributed by atoms with Crippen molar-refractivity contribution in [2.75, 3.05) is 5.75 Å². The van der Waals surface area contributed by atoms with Crippen LogP contribution in [0, 0.1) is 10.1 Å². The number of carbonyl (C=O) groups excluding carboxylic acids is 2. The standard InChI is InChI=1S/C19H19N5O4S/c1-2-17-20-15-5-3-4-6-16(15)23(17)11-18(25)21-22-19(26)12-29-14-9-7-13(8-10-14)24(27)28/h3-10H,2,11-12H2,1H3,(H,21,25)(H,22,26). The van der Waals surface area contributed by atoms with Crippen LogP contribution >= 0.6 is 11.8 Å². The van der Waals surface area contributed by atoms with E-state index in [-0.39, 0.29) is 29.8 Å². The number of benzene rings is 2. The van der Waals surface area contributed by atoms with Crippen LogP contribution in [0.15, 0.2) is 53.4 Å². The van der Waals surface area contributed by atoms with Crippen molar-refractivity contribution in [2.45, 2.75) is 24.8 Å². The lowest BCUT2D eigenvalue weighted by atomic mass is 10.3. The Balaban J connectivity index is 1.50. The highest BCUT2D eigenvalue weighted by atomic mass is 32.2. The van der Waals surface area contributed by atoms with Gasteiger partial charge in [0.2, 0.25) is 5.91 Å². The first kappa shape index (κ1) is 20.3. The topological polar surface area (TPSA) is 119 Å². The number of thioether (sulfide) groups is 1. The van der Waals surface area contributed by atoms with Gasteiger partial charge >= 0.3 is 0 Å². The number of aryl methyl sites for hydroxylation is 1. The quantitative estimate of drug-likeness (QED) is 0.349. The number of nitro benzene ring substituents is 1. The van der Waals surface area contributed by atoms with Crippen LogP contribution in [-0.2, 0) is 22.6 Å². The summed E-state index contributed by atoms with van der Waals surface area (Å²) < 4.78 is 1.82. The Kier molecular flexibility index (Phi) is 6.45. The lowest BCUT2D eigenvalue weighted by molar-refractivity contribution is -0.384. The smallest absolute Gasteiger partial charge is 0.269 e. The first-order valence-electron chi connectivity index (χ1n) is 8.87. The van der Waals surface area contributed by atoms with Gasteiger partial charge in [-0.05, 0) is 24.3 Å². The molecule has 1 aromatic heterocycles. The molecule has 0 bridgehead atoms. The molecule has 3 rings (SSSR count). The van der Waals surface area contributed by atoms with Crippen LogP contribution in [0.2, 0.25) is 0 Å². The fourth-order valence-electron chi connectivity index (χ4n) is 2.74. The second-order valence-electron chi connectivity index (χ2n) is 6.09. The van der Waals surface area contributed by atoms with E-state index >= 15 is 0 Å². The molecular formula is C19H19N5O4S. The van der Waals surface area contributed by atoms with Crippen molar-refractivity contribution in [3.05, 3.63) is 64.5 Å². The number of imidazole rings is 1. The van der Waals surface area contributed by atoms with E-state index in [9.17, 15) is 19.7 Å². The number of para-hydroxylation sites is 2. The van der Waals surface area contributed by atoms with Gasteiger partial charge in [-0.15, -0.1) is 11.8 Å². The van der Waals surface area contributed by atoms with Crippen molar-refractivity contribution in [3.63, 3.8) is 0 Å². The monoisotopic (exact) mass is 413 g/mol. The van der Waals surface area contributed by atoms with Gasteiger partial charge in [0.05, 0.1) is 21.7 Å². The number of nitrogens with zero attached hydrogens (tertiary/aromatic N) is 3. The number of non-ortho nitro benzene ring substituents is 1. The Bertz CT molecular complexity index is 1050. The molecule has 0 aliphatic carbocycles. The zero-order valence-electron chi connectivity index (χ0n) is 15.6. The second kappa shape index (κ2) is 9.20. The Labute approximate surface area is 170 Å². The number of nitro groups is 1. The van der Waals surface area contributed by atoms with Gasteiger partial charge in [-0.3, -0.25) is 30.6 Å². The normalized spacial score (nSPS) is 10.7. The highest BCUT2D eigenvalue weighted by molar-refractivity contribution is 8.00. The summed E-state index contributed by atoms with van der Waals surface area (Å²) in [4.78, 5) is 39.6. The molecule has 29 heavy (non-hydrogen) atoms. The summed E-state index contributed by atoms with van der Waals surface area (Å²) in [5.41, 5.74) is 6.46. The van der Waals surface area contributed by atoms with Gasteiger partial charge in [-0.25, -0.2) is 4.98 Å². The summed E-state index contributed by atoms with van der Waals surface area (Å²) >= 11 is 1.21. The number of nitrogens with one attached hydrogen (secondary N) is 2. The molecule has 10 heteroatoms. The van der Waals surface area contributed by atoms with Crippen molar-refractivity contribution in [1.29, 1.82) is 0 Å². The Hall–Kier alpha value is -3.40. The summed E-state index contributed by atoms with van der Waals surface area (Å²) in [5, 5.41) is 10.6. The molecule has 0 atom stereocenters. The number of fused-ring (bicyclic) bond motifs is 1. The molecule has 0 aliphatic heterocycles. The molecule has 0 aliphatic rings. The molecule has 150 valence electrons. The van der Waals surface area contributed by atoms with E-state index in [4.69, 9.17) is 0 Å². The molecule has 9 nitrogen and oxygen atoms in total. The summed E-state index contributed by atoms with van der Waals surface area (Å²) in [5.74, 6) is 0.109. The number of carbonyl (C=O) groups is 2. The maximum Gasteiger partial charge on any atom is 0.269 e. The largest absolute Gasteiger partial charge is 0.318 e. The zero-order valence-corrected chi connectivity index (χ0v) is 16.4. The minimum Gasteiger partial charge on any atom is -0.318 e. The Morgan fingerprint density at radius 2 is 1.79 bits per heavy atom. The predicted molar refractivity (Wildman–Crippen MR) is 109 cm³/mol. The average molecular weight is 413 g/mol. The van der Waals surface area contributed by atoms with Crippen LogP contribution in [-0.4, -0.2) is 32.0 Å². The summed E-state index contributed by atoms with van der Waals surface area (Å²) in [7, 11) is 0. The van der Waals surface area contributed by atoms with E-state index < -0.39 is 4.92 Å². The minimum atomic E-state index is -0.482. The summed E-state index contributed by atoms with van der Waals surface area (Å²) in [6, 6.07) is 13.5. The summed E-state index contributed by atoms with van der Waals surface area (Å²) in [6.07, 6.45) is 0.681. The number of hydrogen-bond donors (Lipinski definition) is 2. The van der Waals surface area contributed by atoms with E-state index in [0.29, 0.717) is 6.42 Å². The molecular weight excluding hydrogens is 394 g/mol. The molecule has 0 saturated carbocycles. The molecule has 0 spiro atoms. The van der Waals surface area contributed by atoms with Crippen molar-refractivity contribution in [3.8, 4) is 0 Å². The highest BCUT2D eigenvalue weighted by Crippen LogP contribution is 2.21. The Morgan fingerprint density at radius 1 is 1.10 bits per heavy atom. The van der Waals surface area contributed by atoms with E-state index in [0.717, 1.165) is 21.8 Å². The van der Waals surface area contributed by atoms with E-state index in [1.165, 1.54) is 23.9 Å². The minimum absolute atomic E-state index is 0.00969. The Morgan fingerprint density at radius 3 is 2.48 bits per heavy atom. The molecule has 0 fully saturated rings. The lowest BCUT2D eigenvalue weighted by Gasteiger charge is -2.10. The SMILES string of the molecule is CCc1nc2ccccc2n1CC(=O)NNC(=O)CSc1ccc([N+](=O)[O-])cc1. The van der Waals surface area contributed by atoms with Crippen LogP contribution in [0.1, 0.15) is 12.7 Å². The maximum atomic E-state index is 12.3. The van der Waals surface area contributed by atoms with Gasteiger partial charge < -0.3 is 4.57 Å². The predicted octanol–water partition coefficient (Wildman–Crippen LogP) is 2.45. The van der Waals surface area contributed by atoms with Crippen molar-refractivity contribution in [1.82, 2.24) is 20.4 Å². The van der Waals surface area contributed by atoms with Crippen molar-refractivity contribution >= 4 is 40.3 Å². The zero-order chi connectivity index (χ0) is 20.8. The molecule has 1 heterocycles. The molecule has 0 unspecified atom stereocenters. The number of aromatic nitrogens is 2. The fourth-order valence-corrected chi connectivity index (χ4v) is 3.44. The van der Waals surface area contributed by atoms with Gasteiger partial charge in [0, 0.05) is 23.4 Å². The third-order valence-corrected chi connectivity index (χ3v) is 5.12. The van der Waals surface area contributed by atoms with Crippen molar-refractivity contribution < 1.29 is 14.5 Å². The number of hydrogen-bond acceptors (Lipinski definition) is 6. The van der Waals surface area contributed by atoms with Gasteiger partial charge in [-0.2, -0.15) is 0 Å². The van der Waals surface area contributed by atoms with E-state index in [2.05, 4.69) is 15.8 Å². The van der Waals surface area contributed by atoms with Crippen LogP contribution in [0.3, 0.4) is 0 Å². The van der Waals surface area contributed by atoms with Gasteiger partial charge in [0.15, 0.2) is 0 Å². The molecule has 2 N–H and O–H groups in total. The van der Waals surface area contributed by atoms with E-state index in [1.807, 2.05) is 35.8 Å². The summed E-state index contributed by atoms with van der Waals surface area (Å²) in [6.45, 7) is 2.01. The van der Waals surface area contributed by atoms with Gasteiger partial charge in [0.1, 0.15) is 12.4 Å². The third kappa shape index (κ3) is 5.11. The third-order valence-electron chi connectivity index (χ3n) is 4.11. The fraction of sp³-hybridized carbons (Fsp3) is 0.211. The number of rotatable bonds is 7. The molecule has 2 aromatic carbocycles. The van der Waals surface area contributed by atoms with E-state index in [1.54, 1.807) is 12.1 Å². The molecule has 0 radical (unpaired) electrons. The lowest BCUT2D eigenvalue weighted by Crippen LogP contribution is -2.44.